The maximum atomic E-state index is 13.3. The molecule has 0 saturated carbocycles. The lowest BCUT2D eigenvalue weighted by Gasteiger charge is -2.35. The zero-order valence-corrected chi connectivity index (χ0v) is 83.9. The monoisotopic (exact) mass is 1610 g/mol. The van der Waals surface area contributed by atoms with Crippen molar-refractivity contribution in [3.8, 4) is 0 Å². The molecule has 0 aliphatic heterocycles. The second-order valence-electron chi connectivity index (χ2n) is 47.8. The third-order valence-electron chi connectivity index (χ3n) is 21.6. The Bertz CT molecular complexity index is 3820. The molecule has 0 bridgehead atoms. The first-order valence-electron chi connectivity index (χ1n) is 44.9. The molecule has 0 nitrogen and oxygen atoms in total. The third kappa shape index (κ3) is 34.1. The highest BCUT2D eigenvalue weighted by molar-refractivity contribution is 5.50. The molecule has 660 valence electrons. The van der Waals surface area contributed by atoms with Gasteiger partial charge in [-0.3, -0.25) is 0 Å². The topological polar surface area (TPSA) is 0 Å². The largest absolute Gasteiger partial charge is 0.394 e. The van der Waals surface area contributed by atoms with Crippen LogP contribution in [0.4, 0.5) is 26.3 Å². The average Bonchev–Trinajstić information content (AvgIpc) is 0.773. The molecular formula is C110H178F6. The number of halogens is 6. The van der Waals surface area contributed by atoms with Crippen LogP contribution in [0.2, 0.25) is 0 Å². The Morgan fingerprint density at radius 1 is 0.250 bits per heavy atom. The second kappa shape index (κ2) is 41.6. The lowest BCUT2D eigenvalue weighted by Crippen LogP contribution is -2.36. The van der Waals surface area contributed by atoms with Gasteiger partial charge in [-0.1, -0.05) is 429 Å². The molecule has 0 N–H and O–H groups in total. The molecule has 6 rings (SSSR count). The van der Waals surface area contributed by atoms with E-state index in [1.807, 2.05) is 34.6 Å². The van der Waals surface area contributed by atoms with Gasteiger partial charge in [0.15, 0.2) is 0 Å². The summed E-state index contributed by atoms with van der Waals surface area (Å²) in [4.78, 5) is 0. The highest BCUT2D eigenvalue weighted by Gasteiger charge is 2.50. The minimum absolute atomic E-state index is 0.0670. The van der Waals surface area contributed by atoms with Crippen LogP contribution >= 0.6 is 0 Å². The summed E-state index contributed by atoms with van der Waals surface area (Å²) in [7, 11) is 0. The quantitative estimate of drug-likeness (QED) is 0.0848. The zero-order valence-electron chi connectivity index (χ0n) is 84.9. The van der Waals surface area contributed by atoms with Crippen LogP contribution in [0.3, 0.4) is 0 Å². The molecule has 0 fully saturated rings. The van der Waals surface area contributed by atoms with Gasteiger partial charge < -0.3 is 0 Å². The molecule has 0 aliphatic carbocycles. The van der Waals surface area contributed by atoms with Crippen molar-refractivity contribution >= 4 is 0 Å². The molecule has 0 heterocycles. The van der Waals surface area contributed by atoms with Crippen molar-refractivity contribution in [2.75, 3.05) is 0 Å². The molecule has 0 aromatic heterocycles. The standard InChI is InChI=1S/C20H28F6.C20H34.C19H32.C18H30.C17H28.C16H26/c1-16(2,3)15-13(11-17(4,5)19(21,22)23)9-8-10-14(15)12-18(6,7)20(24,25)26;1-18(2,3)13-15-11-10-12-16(14-19(4,5)6)17(15)20(7,8)9;1-12(2)15-10-16(13(3)4)18(19(7,8)9)17(11-15)14(5)6;1-13(2)11-15-9-8-10-16(12-14(3)4)17(15)18(5,6)7;1-12(2)13-10-9-11-14(16(3,4)5)15(13)17(6,7)8;1-11(2)13-9-8-10-14(12(3)4)15(13)16(5,6)7/h8-10H,11-12H2,1-7H3;10-12H,13-14H2,1-9H3;10-14H,1-9H3;8-10,13-14H,11-12H2,1-7H3;9-12H,1-8H3;8-12H,1-7H3/i;;;;12D;. The first-order chi connectivity index (χ1) is 52.0. The van der Waals surface area contributed by atoms with E-state index >= 15 is 0 Å². The van der Waals surface area contributed by atoms with Crippen molar-refractivity contribution < 1.29 is 27.7 Å². The Kier molecular flexibility index (Phi) is 38.4. The number of benzene rings is 6. The van der Waals surface area contributed by atoms with Crippen molar-refractivity contribution in [2.45, 2.75) is 450 Å². The summed E-state index contributed by atoms with van der Waals surface area (Å²) in [6, 6.07) is 36.7. The average molecular weight is 1620 g/mol. The number of rotatable bonds is 16. The van der Waals surface area contributed by atoms with E-state index in [2.05, 4.69) is 348 Å². The van der Waals surface area contributed by atoms with E-state index in [0.29, 0.717) is 57.1 Å². The Morgan fingerprint density at radius 3 is 0.707 bits per heavy atom. The molecule has 6 aromatic carbocycles. The fourth-order valence-electron chi connectivity index (χ4n) is 16.6. The summed E-state index contributed by atoms with van der Waals surface area (Å²) in [5.74, 6) is 3.88. The van der Waals surface area contributed by atoms with E-state index in [1.165, 1.54) is 51.8 Å². The Balaban J connectivity index is 0.000000707. The molecule has 116 heavy (non-hydrogen) atoms. The molecule has 0 atom stereocenters. The molecule has 6 heteroatoms. The van der Waals surface area contributed by atoms with E-state index in [9.17, 15) is 26.3 Å². The summed E-state index contributed by atoms with van der Waals surface area (Å²) in [6.45, 7) is 102. The van der Waals surface area contributed by atoms with E-state index < -0.39 is 34.5 Å². The van der Waals surface area contributed by atoms with Gasteiger partial charge in [0.25, 0.3) is 0 Å². The first kappa shape index (κ1) is 107. The summed E-state index contributed by atoms with van der Waals surface area (Å²) < 4.78 is 88.4. The lowest BCUT2D eigenvalue weighted by atomic mass is 9.71. The zero-order chi connectivity index (χ0) is 92.3. The van der Waals surface area contributed by atoms with Gasteiger partial charge in [-0.05, 0) is 240 Å². The summed E-state index contributed by atoms with van der Waals surface area (Å²) >= 11 is 0. The van der Waals surface area contributed by atoms with E-state index in [1.54, 1.807) is 62.7 Å². The second-order valence-corrected chi connectivity index (χ2v) is 47.8. The Morgan fingerprint density at radius 2 is 0.483 bits per heavy atom. The van der Waals surface area contributed by atoms with Crippen molar-refractivity contribution in [3.05, 3.63) is 209 Å². The van der Waals surface area contributed by atoms with Gasteiger partial charge in [-0.15, -0.1) is 0 Å². The van der Waals surface area contributed by atoms with Crippen LogP contribution in [-0.4, -0.2) is 12.4 Å². The number of alkyl halides is 6. The van der Waals surface area contributed by atoms with E-state index in [0.717, 1.165) is 57.9 Å². The van der Waals surface area contributed by atoms with Crippen LogP contribution in [0, 0.1) is 33.5 Å². The van der Waals surface area contributed by atoms with E-state index in [4.69, 9.17) is 1.37 Å². The van der Waals surface area contributed by atoms with Crippen LogP contribution in [0.5, 0.6) is 0 Å². The van der Waals surface area contributed by atoms with Crippen molar-refractivity contribution in [1.29, 1.82) is 0 Å². The predicted octanol–water partition coefficient (Wildman–Crippen LogP) is 35.8. The van der Waals surface area contributed by atoms with Crippen LogP contribution < -0.4 is 0 Å². The molecule has 0 spiro atoms. The van der Waals surface area contributed by atoms with Gasteiger partial charge in [0.05, 0.1) is 10.8 Å². The smallest absolute Gasteiger partial charge is 0.171 e. The van der Waals surface area contributed by atoms with Crippen LogP contribution in [0.15, 0.2) is 103 Å². The predicted molar refractivity (Wildman–Crippen MR) is 505 cm³/mol. The van der Waals surface area contributed by atoms with Gasteiger partial charge in [0.2, 0.25) is 0 Å². The van der Waals surface area contributed by atoms with Gasteiger partial charge in [0.1, 0.15) is 0 Å². The summed E-state index contributed by atoms with van der Waals surface area (Å²) in [5.41, 5.74) is 22.7. The first-order valence-corrected chi connectivity index (χ1v) is 44.4. The Labute approximate surface area is 715 Å². The van der Waals surface area contributed by atoms with Crippen molar-refractivity contribution in [3.63, 3.8) is 0 Å². The summed E-state index contributed by atoms with van der Waals surface area (Å²) in [5, 5.41) is 0. The molecule has 0 saturated heterocycles. The van der Waals surface area contributed by atoms with E-state index in [-0.39, 0.29) is 45.3 Å². The highest BCUT2D eigenvalue weighted by atomic mass is 19.4. The lowest BCUT2D eigenvalue weighted by molar-refractivity contribution is -0.211. The normalized spacial score (nSPS) is 13.6. The molecule has 0 radical (unpaired) electrons. The minimum atomic E-state index is -4.40. The fraction of sp³-hybridized carbons (Fsp3) is 0.673. The molecule has 0 amide bonds. The maximum Gasteiger partial charge on any atom is 0.394 e. The van der Waals surface area contributed by atoms with Gasteiger partial charge in [0, 0.05) is 1.37 Å². The SMILES string of the molecule is CC(C)(C)Cc1cccc(CC(C)(C)C)c1C(C)(C)C.CC(C)(C)c1c(CC(C)(C)C(F)(F)F)cccc1CC(C)(C)C(F)(F)F.CC(C)Cc1cccc(CC(C)C)c1C(C)(C)C.CC(C)c1cc(C(C)C)c(C(C)(C)C)c(C(C)C)c1.CC(C)c1cccc(C(C)C)c1C(C)(C)C.[2H]C(C)(C)c1cccc(C(C)(C)C)c1C(C)(C)C. The molecule has 0 aliphatic rings. The van der Waals surface area contributed by atoms with Crippen LogP contribution in [0.1, 0.15) is 468 Å². The molecular weight excluding hydrogens is 1440 g/mol. The minimum Gasteiger partial charge on any atom is -0.171 e. The van der Waals surface area contributed by atoms with Crippen molar-refractivity contribution in [2.24, 2.45) is 33.5 Å². The van der Waals surface area contributed by atoms with Crippen LogP contribution in [0.25, 0.3) is 0 Å². The number of hydrogen-bond acceptors (Lipinski definition) is 0. The molecule has 6 aromatic rings. The molecule has 0 unspecified atom stereocenters. The Hall–Kier alpha value is -5.10. The van der Waals surface area contributed by atoms with Gasteiger partial charge in [-0.25, -0.2) is 0 Å². The van der Waals surface area contributed by atoms with Crippen LogP contribution in [-0.2, 0) is 76.4 Å². The summed E-state index contributed by atoms with van der Waals surface area (Å²) in [6.07, 6.45) is -4.66. The van der Waals surface area contributed by atoms with Crippen molar-refractivity contribution in [1.82, 2.24) is 0 Å². The number of hydrogen-bond donors (Lipinski definition) is 0. The fourth-order valence-corrected chi connectivity index (χ4v) is 16.6. The van der Waals surface area contributed by atoms with Gasteiger partial charge >= 0.3 is 12.4 Å². The maximum absolute atomic E-state index is 13.3. The van der Waals surface area contributed by atoms with Gasteiger partial charge in [-0.2, -0.15) is 26.3 Å². The third-order valence-corrected chi connectivity index (χ3v) is 21.6. The highest BCUT2D eigenvalue weighted by Crippen LogP contribution is 2.48.